The van der Waals surface area contributed by atoms with Crippen molar-refractivity contribution in [2.45, 2.75) is 13.3 Å². The van der Waals surface area contributed by atoms with Crippen LogP contribution in [0.2, 0.25) is 10.0 Å². The zero-order valence-corrected chi connectivity index (χ0v) is 16.9. The number of hydrogen-bond donors (Lipinski definition) is 1. The number of nitrogens with one attached hydrogen (secondary N) is 1. The molecular formula is C20H17Cl2NO5. The molecule has 8 heteroatoms. The third-order valence-corrected chi connectivity index (χ3v) is 4.88. The highest BCUT2D eigenvalue weighted by Gasteiger charge is 2.19. The van der Waals surface area contributed by atoms with Crippen molar-refractivity contribution in [3.05, 3.63) is 61.9 Å². The summed E-state index contributed by atoms with van der Waals surface area (Å²) in [7, 11) is 3.01. The molecule has 0 aliphatic rings. The summed E-state index contributed by atoms with van der Waals surface area (Å²) in [6.45, 7) is 1.74. The maximum absolute atomic E-state index is 12.5. The first kappa shape index (κ1) is 20.0. The van der Waals surface area contributed by atoms with Crippen molar-refractivity contribution >= 4 is 45.8 Å². The normalized spacial score (nSPS) is 10.8. The molecule has 146 valence electrons. The Bertz CT molecular complexity index is 1120. The molecule has 0 bridgehead atoms. The Morgan fingerprint density at radius 1 is 1.14 bits per heavy atom. The third-order valence-electron chi connectivity index (χ3n) is 4.31. The van der Waals surface area contributed by atoms with E-state index in [0.29, 0.717) is 43.8 Å². The van der Waals surface area contributed by atoms with Crippen LogP contribution < -0.4 is 20.4 Å². The molecule has 0 radical (unpaired) electrons. The predicted molar refractivity (Wildman–Crippen MR) is 109 cm³/mol. The summed E-state index contributed by atoms with van der Waals surface area (Å²) in [4.78, 5) is 25.0. The van der Waals surface area contributed by atoms with Crippen molar-refractivity contribution < 1.29 is 18.7 Å². The van der Waals surface area contributed by atoms with Crippen LogP contribution in [0.1, 0.15) is 11.1 Å². The summed E-state index contributed by atoms with van der Waals surface area (Å²) < 4.78 is 16.0. The van der Waals surface area contributed by atoms with Gasteiger partial charge < -0.3 is 19.2 Å². The topological polar surface area (TPSA) is 77.8 Å². The maximum atomic E-state index is 12.5. The van der Waals surface area contributed by atoms with E-state index in [1.54, 1.807) is 31.2 Å². The quantitative estimate of drug-likeness (QED) is 0.608. The fourth-order valence-electron chi connectivity index (χ4n) is 2.91. The number of aryl methyl sites for hydroxylation is 1. The fourth-order valence-corrected chi connectivity index (χ4v) is 3.25. The molecule has 3 rings (SSSR count). The van der Waals surface area contributed by atoms with Crippen molar-refractivity contribution in [1.29, 1.82) is 0 Å². The van der Waals surface area contributed by atoms with E-state index in [1.807, 2.05) is 0 Å². The lowest BCUT2D eigenvalue weighted by Gasteiger charge is -2.13. The standard InChI is InChI=1S/C20H17Cl2NO5/c1-10-13(9-18(24)23-15-6-11(21)4-5-14(15)22)20(25)28-17-8-12(26-2)7-16(27-3)19(10)17/h4-8H,9H2,1-3H3,(H,23,24). The number of amides is 1. The van der Waals surface area contributed by atoms with Gasteiger partial charge in [-0.2, -0.15) is 0 Å². The first-order valence-corrected chi connectivity index (χ1v) is 9.02. The molecule has 6 nitrogen and oxygen atoms in total. The van der Waals surface area contributed by atoms with E-state index in [4.69, 9.17) is 37.1 Å². The van der Waals surface area contributed by atoms with Crippen LogP contribution in [-0.2, 0) is 11.2 Å². The number of halogens is 2. The molecule has 3 aromatic rings. The molecule has 0 fully saturated rings. The van der Waals surface area contributed by atoms with Gasteiger partial charge in [0.05, 0.1) is 42.3 Å². The van der Waals surface area contributed by atoms with Crippen molar-refractivity contribution in [3.63, 3.8) is 0 Å². The number of benzene rings is 2. The summed E-state index contributed by atoms with van der Waals surface area (Å²) in [5, 5.41) is 4.04. The Balaban J connectivity index is 2.00. The molecule has 28 heavy (non-hydrogen) atoms. The van der Waals surface area contributed by atoms with Crippen LogP contribution >= 0.6 is 23.2 Å². The Kier molecular flexibility index (Phi) is 5.82. The molecule has 0 aliphatic heterocycles. The molecule has 1 aromatic heterocycles. The van der Waals surface area contributed by atoms with E-state index >= 15 is 0 Å². The number of carbonyl (C=O) groups excluding carboxylic acids is 1. The van der Waals surface area contributed by atoms with E-state index in [9.17, 15) is 9.59 Å². The fraction of sp³-hybridized carbons (Fsp3) is 0.200. The van der Waals surface area contributed by atoms with Gasteiger partial charge in [-0.3, -0.25) is 4.79 Å². The predicted octanol–water partition coefficient (Wildman–Crippen LogP) is 4.61. The molecule has 1 amide bonds. The van der Waals surface area contributed by atoms with Crippen LogP contribution in [0.4, 0.5) is 5.69 Å². The van der Waals surface area contributed by atoms with Crippen LogP contribution in [-0.4, -0.2) is 20.1 Å². The van der Waals surface area contributed by atoms with Gasteiger partial charge >= 0.3 is 5.63 Å². The summed E-state index contributed by atoms with van der Waals surface area (Å²) >= 11 is 12.0. The van der Waals surface area contributed by atoms with Gasteiger partial charge in [-0.15, -0.1) is 0 Å². The molecule has 1 heterocycles. The Labute approximate surface area is 171 Å². The number of rotatable bonds is 5. The lowest BCUT2D eigenvalue weighted by molar-refractivity contribution is -0.115. The van der Waals surface area contributed by atoms with Crippen LogP contribution in [0.3, 0.4) is 0 Å². The Hall–Kier alpha value is -2.70. The minimum absolute atomic E-state index is 0.192. The largest absolute Gasteiger partial charge is 0.496 e. The minimum Gasteiger partial charge on any atom is -0.496 e. The monoisotopic (exact) mass is 421 g/mol. The van der Waals surface area contributed by atoms with Gasteiger partial charge in [0.2, 0.25) is 5.91 Å². The molecule has 0 saturated carbocycles. The lowest BCUT2D eigenvalue weighted by atomic mass is 10.0. The Morgan fingerprint density at radius 3 is 2.57 bits per heavy atom. The second-order valence-electron chi connectivity index (χ2n) is 6.04. The van der Waals surface area contributed by atoms with Gasteiger partial charge in [-0.05, 0) is 30.7 Å². The summed E-state index contributed by atoms with van der Waals surface area (Å²) in [5.41, 5.74) is 0.905. The third kappa shape index (κ3) is 3.93. The van der Waals surface area contributed by atoms with Crippen molar-refractivity contribution in [2.75, 3.05) is 19.5 Å². The molecular weight excluding hydrogens is 405 g/mol. The number of methoxy groups -OCH3 is 2. The van der Waals surface area contributed by atoms with Crippen LogP contribution in [0.15, 0.2) is 39.5 Å². The van der Waals surface area contributed by atoms with E-state index in [2.05, 4.69) is 5.32 Å². The van der Waals surface area contributed by atoms with Gasteiger partial charge in [-0.1, -0.05) is 23.2 Å². The van der Waals surface area contributed by atoms with Crippen molar-refractivity contribution in [3.8, 4) is 11.5 Å². The molecule has 2 aromatic carbocycles. The number of fused-ring (bicyclic) bond motifs is 1. The molecule has 0 spiro atoms. The molecule has 0 atom stereocenters. The highest BCUT2D eigenvalue weighted by Crippen LogP contribution is 2.34. The van der Waals surface area contributed by atoms with E-state index in [0.717, 1.165) is 0 Å². The molecule has 0 unspecified atom stereocenters. The van der Waals surface area contributed by atoms with Crippen molar-refractivity contribution in [1.82, 2.24) is 0 Å². The van der Waals surface area contributed by atoms with Gasteiger partial charge in [0.15, 0.2) is 0 Å². The van der Waals surface area contributed by atoms with E-state index in [-0.39, 0.29) is 12.0 Å². The highest BCUT2D eigenvalue weighted by molar-refractivity contribution is 6.35. The summed E-state index contributed by atoms with van der Waals surface area (Å²) in [6, 6.07) is 8.01. The van der Waals surface area contributed by atoms with Crippen molar-refractivity contribution in [2.24, 2.45) is 0 Å². The number of anilines is 1. The second kappa shape index (κ2) is 8.12. The van der Waals surface area contributed by atoms with Crippen LogP contribution in [0.5, 0.6) is 11.5 Å². The molecule has 0 aliphatic carbocycles. The minimum atomic E-state index is -0.604. The Morgan fingerprint density at radius 2 is 1.89 bits per heavy atom. The molecule has 0 saturated heterocycles. The smallest absolute Gasteiger partial charge is 0.340 e. The number of hydrogen-bond acceptors (Lipinski definition) is 5. The average Bonchev–Trinajstić information content (AvgIpc) is 2.66. The summed E-state index contributed by atoms with van der Waals surface area (Å²) in [5.74, 6) is 0.550. The van der Waals surface area contributed by atoms with E-state index < -0.39 is 11.5 Å². The number of ether oxygens (including phenoxy) is 2. The zero-order valence-electron chi connectivity index (χ0n) is 15.4. The number of carbonyl (C=O) groups is 1. The SMILES string of the molecule is COc1cc(OC)c2c(C)c(CC(=O)Nc3cc(Cl)ccc3Cl)c(=O)oc2c1. The van der Waals surface area contributed by atoms with Crippen LogP contribution in [0, 0.1) is 6.92 Å². The van der Waals surface area contributed by atoms with Gasteiger partial charge in [0.1, 0.15) is 17.1 Å². The highest BCUT2D eigenvalue weighted by atomic mass is 35.5. The first-order chi connectivity index (χ1) is 13.3. The lowest BCUT2D eigenvalue weighted by Crippen LogP contribution is -2.21. The van der Waals surface area contributed by atoms with Gasteiger partial charge in [0, 0.05) is 17.2 Å². The first-order valence-electron chi connectivity index (χ1n) is 8.27. The van der Waals surface area contributed by atoms with Gasteiger partial charge in [-0.25, -0.2) is 4.79 Å². The zero-order chi connectivity index (χ0) is 20.4. The van der Waals surface area contributed by atoms with E-state index in [1.165, 1.54) is 20.3 Å². The average molecular weight is 422 g/mol. The molecule has 1 N–H and O–H groups in total. The van der Waals surface area contributed by atoms with Crippen LogP contribution in [0.25, 0.3) is 11.0 Å². The maximum Gasteiger partial charge on any atom is 0.340 e. The van der Waals surface area contributed by atoms with Gasteiger partial charge in [0.25, 0.3) is 0 Å². The second-order valence-corrected chi connectivity index (χ2v) is 6.89. The summed E-state index contributed by atoms with van der Waals surface area (Å²) in [6.07, 6.45) is -0.192.